The number of methoxy groups -OCH3 is 1. The minimum absolute atomic E-state index is 0.878. The molecule has 2 nitrogen and oxygen atoms in total. The summed E-state index contributed by atoms with van der Waals surface area (Å²) in [6.07, 6.45) is 1.04. The number of ether oxygens (including phenoxy) is 1. The maximum atomic E-state index is 5.09. The first kappa shape index (κ1) is 11.8. The van der Waals surface area contributed by atoms with Crippen LogP contribution in [0.3, 0.4) is 0 Å². The average molecular weight is 205 g/mol. The van der Waals surface area contributed by atoms with E-state index in [9.17, 15) is 0 Å². The van der Waals surface area contributed by atoms with E-state index in [4.69, 9.17) is 4.74 Å². The van der Waals surface area contributed by atoms with E-state index in [1.807, 2.05) is 12.1 Å². The zero-order chi connectivity index (χ0) is 11.1. The minimum atomic E-state index is 0.878. The maximum absolute atomic E-state index is 5.09. The molecule has 0 unspecified atom stereocenters. The molecule has 0 fully saturated rings. The lowest BCUT2D eigenvalue weighted by Crippen LogP contribution is -2.15. The first-order valence-electron chi connectivity index (χ1n) is 5.26. The third-order valence-electron chi connectivity index (χ3n) is 2.36. The van der Waals surface area contributed by atoms with Crippen LogP contribution < -0.4 is 10.1 Å². The molecular weight excluding hydrogens is 186 g/mol. The van der Waals surface area contributed by atoms with Crippen LogP contribution in [0.1, 0.15) is 18.9 Å². The summed E-state index contributed by atoms with van der Waals surface area (Å²) in [6.45, 7) is 7.84. The Morgan fingerprint density at radius 3 is 2.53 bits per heavy atom. The summed E-state index contributed by atoms with van der Waals surface area (Å²) in [7, 11) is 1.68. The number of benzene rings is 1. The molecule has 2 heteroatoms. The molecule has 0 aliphatic rings. The smallest absolute Gasteiger partial charge is 0.118 e. The van der Waals surface area contributed by atoms with Gasteiger partial charge >= 0.3 is 0 Å². The van der Waals surface area contributed by atoms with E-state index in [0.29, 0.717) is 0 Å². The highest BCUT2D eigenvalue weighted by Crippen LogP contribution is 2.10. The molecule has 0 saturated heterocycles. The second-order valence-corrected chi connectivity index (χ2v) is 3.56. The molecule has 1 aromatic carbocycles. The highest BCUT2D eigenvalue weighted by atomic mass is 16.5. The Labute approximate surface area is 92.0 Å². The van der Waals surface area contributed by atoms with Gasteiger partial charge in [-0.2, -0.15) is 0 Å². The molecule has 0 amide bonds. The lowest BCUT2D eigenvalue weighted by Gasteiger charge is -2.06. The highest BCUT2D eigenvalue weighted by molar-refractivity contribution is 5.27. The lowest BCUT2D eigenvalue weighted by molar-refractivity contribution is 0.414. The van der Waals surface area contributed by atoms with Gasteiger partial charge < -0.3 is 10.1 Å². The maximum Gasteiger partial charge on any atom is 0.118 e. The van der Waals surface area contributed by atoms with Crippen molar-refractivity contribution in [1.82, 2.24) is 5.32 Å². The third-order valence-corrected chi connectivity index (χ3v) is 2.36. The standard InChI is InChI=1S/C13H19NO/c1-4-11(2)9-14-10-12-5-7-13(15-3)8-6-12/h5-8,14H,2,4,9-10H2,1,3H3. The molecule has 0 aliphatic heterocycles. The van der Waals surface area contributed by atoms with Crippen LogP contribution in [0.25, 0.3) is 0 Å². The summed E-state index contributed by atoms with van der Waals surface area (Å²) in [5.74, 6) is 0.900. The molecule has 0 aromatic heterocycles. The number of hydrogen-bond donors (Lipinski definition) is 1. The van der Waals surface area contributed by atoms with Gasteiger partial charge in [-0.1, -0.05) is 31.2 Å². The zero-order valence-corrected chi connectivity index (χ0v) is 9.55. The van der Waals surface area contributed by atoms with E-state index in [0.717, 1.165) is 25.3 Å². The second kappa shape index (κ2) is 6.25. The van der Waals surface area contributed by atoms with Crippen LogP contribution in [0.2, 0.25) is 0 Å². The molecule has 0 bridgehead atoms. The zero-order valence-electron chi connectivity index (χ0n) is 9.55. The fourth-order valence-electron chi connectivity index (χ4n) is 1.25. The number of rotatable bonds is 6. The van der Waals surface area contributed by atoms with Gasteiger partial charge in [0.15, 0.2) is 0 Å². The van der Waals surface area contributed by atoms with Crippen molar-refractivity contribution < 1.29 is 4.74 Å². The molecule has 82 valence electrons. The van der Waals surface area contributed by atoms with Gasteiger partial charge in [0.25, 0.3) is 0 Å². The van der Waals surface area contributed by atoms with Crippen molar-refractivity contribution >= 4 is 0 Å². The van der Waals surface area contributed by atoms with Crippen molar-refractivity contribution in [2.45, 2.75) is 19.9 Å². The first-order valence-corrected chi connectivity index (χ1v) is 5.26. The number of hydrogen-bond acceptors (Lipinski definition) is 2. The van der Waals surface area contributed by atoms with E-state index in [1.165, 1.54) is 11.1 Å². The van der Waals surface area contributed by atoms with Crippen LogP contribution in [0.4, 0.5) is 0 Å². The summed E-state index contributed by atoms with van der Waals surface area (Å²) in [5, 5.41) is 3.35. The topological polar surface area (TPSA) is 21.3 Å². The van der Waals surface area contributed by atoms with Crippen LogP contribution in [-0.2, 0) is 6.54 Å². The van der Waals surface area contributed by atoms with Crippen molar-refractivity contribution in [2.75, 3.05) is 13.7 Å². The van der Waals surface area contributed by atoms with E-state index >= 15 is 0 Å². The predicted octanol–water partition coefficient (Wildman–Crippen LogP) is 2.75. The highest BCUT2D eigenvalue weighted by Gasteiger charge is 1.94. The van der Waals surface area contributed by atoms with Gasteiger partial charge in [-0.15, -0.1) is 0 Å². The Balaban J connectivity index is 2.34. The molecule has 0 saturated carbocycles. The Bertz CT molecular complexity index is 303. The molecule has 1 aromatic rings. The summed E-state index contributed by atoms with van der Waals surface area (Å²) in [6, 6.07) is 8.10. The van der Waals surface area contributed by atoms with Crippen molar-refractivity contribution in [3.05, 3.63) is 42.0 Å². The summed E-state index contributed by atoms with van der Waals surface area (Å²) < 4.78 is 5.09. The fraction of sp³-hybridized carbons (Fsp3) is 0.385. The molecule has 0 heterocycles. The van der Waals surface area contributed by atoms with E-state index in [1.54, 1.807) is 7.11 Å². The number of nitrogens with one attached hydrogen (secondary N) is 1. The van der Waals surface area contributed by atoms with Gasteiger partial charge in [0, 0.05) is 13.1 Å². The van der Waals surface area contributed by atoms with E-state index in [2.05, 4.69) is 31.0 Å². The summed E-state index contributed by atoms with van der Waals surface area (Å²) >= 11 is 0. The molecule has 0 atom stereocenters. The molecular formula is C13H19NO. The third kappa shape index (κ3) is 4.17. The monoisotopic (exact) mass is 205 g/mol. The van der Waals surface area contributed by atoms with E-state index in [-0.39, 0.29) is 0 Å². The van der Waals surface area contributed by atoms with Crippen LogP contribution in [-0.4, -0.2) is 13.7 Å². The SMILES string of the molecule is C=C(CC)CNCc1ccc(OC)cc1. The average Bonchev–Trinajstić information content (AvgIpc) is 2.29. The van der Waals surface area contributed by atoms with Crippen LogP contribution in [0.5, 0.6) is 5.75 Å². The molecule has 0 aliphatic carbocycles. The van der Waals surface area contributed by atoms with Crippen molar-refractivity contribution in [3.8, 4) is 5.75 Å². The van der Waals surface area contributed by atoms with Gasteiger partial charge in [0.1, 0.15) is 5.75 Å². The van der Waals surface area contributed by atoms with Gasteiger partial charge in [0.2, 0.25) is 0 Å². The van der Waals surface area contributed by atoms with Crippen molar-refractivity contribution in [3.63, 3.8) is 0 Å². The molecule has 0 radical (unpaired) electrons. The Hall–Kier alpha value is -1.28. The van der Waals surface area contributed by atoms with E-state index < -0.39 is 0 Å². The molecule has 1 N–H and O–H groups in total. The summed E-state index contributed by atoms with van der Waals surface area (Å²) in [5.41, 5.74) is 2.50. The van der Waals surface area contributed by atoms with Crippen LogP contribution in [0, 0.1) is 0 Å². The van der Waals surface area contributed by atoms with Crippen molar-refractivity contribution in [2.24, 2.45) is 0 Å². The minimum Gasteiger partial charge on any atom is -0.497 e. The largest absolute Gasteiger partial charge is 0.497 e. The second-order valence-electron chi connectivity index (χ2n) is 3.56. The Morgan fingerprint density at radius 1 is 1.33 bits per heavy atom. The van der Waals surface area contributed by atoms with Gasteiger partial charge in [0.05, 0.1) is 7.11 Å². The van der Waals surface area contributed by atoms with Crippen molar-refractivity contribution in [1.29, 1.82) is 0 Å². The van der Waals surface area contributed by atoms with Gasteiger partial charge in [-0.25, -0.2) is 0 Å². The fourth-order valence-corrected chi connectivity index (χ4v) is 1.25. The molecule has 15 heavy (non-hydrogen) atoms. The van der Waals surface area contributed by atoms with Crippen LogP contribution in [0.15, 0.2) is 36.4 Å². The molecule has 0 spiro atoms. The summed E-state index contributed by atoms with van der Waals surface area (Å²) in [4.78, 5) is 0. The first-order chi connectivity index (χ1) is 7.26. The normalized spacial score (nSPS) is 10.0. The van der Waals surface area contributed by atoms with Gasteiger partial charge in [-0.3, -0.25) is 0 Å². The predicted molar refractivity (Wildman–Crippen MR) is 64.1 cm³/mol. The Morgan fingerprint density at radius 2 is 2.00 bits per heavy atom. The van der Waals surface area contributed by atoms with Gasteiger partial charge in [-0.05, 0) is 24.1 Å². The van der Waals surface area contributed by atoms with Crippen LogP contribution >= 0.6 is 0 Å². The quantitative estimate of drug-likeness (QED) is 0.721. The molecule has 1 rings (SSSR count). The Kier molecular flexibility index (Phi) is 4.91. The lowest BCUT2D eigenvalue weighted by atomic mass is 10.2.